The van der Waals surface area contributed by atoms with Crippen LogP contribution >= 0.6 is 0 Å². The molecule has 1 atom stereocenters. The number of carbonyl (C=O) groups excluding carboxylic acids is 1. The summed E-state index contributed by atoms with van der Waals surface area (Å²) in [5, 5.41) is 6.14. The third-order valence-corrected chi connectivity index (χ3v) is 3.20. The number of nitrogens with zero attached hydrogens (tertiary/aromatic N) is 1. The number of hydrogen-bond acceptors (Lipinski definition) is 5. The number of amides is 1. The van der Waals surface area contributed by atoms with Crippen molar-refractivity contribution >= 4 is 5.91 Å². The number of hydrogen-bond donors (Lipinski definition) is 2. The Morgan fingerprint density at radius 1 is 1.37 bits per heavy atom. The topological polar surface area (TPSA) is 62.8 Å². The van der Waals surface area contributed by atoms with E-state index in [1.54, 1.807) is 7.11 Å². The maximum Gasteiger partial charge on any atom is 0.236 e. The Balaban J connectivity index is 2.02. The summed E-state index contributed by atoms with van der Waals surface area (Å²) in [6.07, 6.45) is 0.850. The number of ether oxygens (including phenoxy) is 2. The molecule has 1 fully saturated rings. The Labute approximate surface area is 115 Å². The highest BCUT2D eigenvalue weighted by atomic mass is 16.5. The van der Waals surface area contributed by atoms with Gasteiger partial charge in [-0.2, -0.15) is 0 Å². The smallest absolute Gasteiger partial charge is 0.236 e. The fourth-order valence-electron chi connectivity index (χ4n) is 1.94. The van der Waals surface area contributed by atoms with Crippen molar-refractivity contribution < 1.29 is 14.3 Å². The van der Waals surface area contributed by atoms with Crippen LogP contribution in [0.2, 0.25) is 0 Å². The van der Waals surface area contributed by atoms with Gasteiger partial charge in [0.2, 0.25) is 5.91 Å². The van der Waals surface area contributed by atoms with Crippen LogP contribution in [0.4, 0.5) is 0 Å². The molecule has 1 heterocycles. The lowest BCUT2D eigenvalue weighted by molar-refractivity contribution is -0.122. The van der Waals surface area contributed by atoms with E-state index in [1.165, 1.54) is 0 Å². The average Bonchev–Trinajstić information content (AvgIpc) is 2.44. The monoisotopic (exact) mass is 273 g/mol. The number of morpholine rings is 1. The molecule has 0 saturated carbocycles. The molecule has 0 aliphatic carbocycles. The molecule has 2 N–H and O–H groups in total. The molecule has 1 amide bonds. The standard InChI is InChI=1S/C13H27N3O3/c1-12(13(17)15-4-3-9-18-2)14-5-6-16-7-10-19-11-8-16/h12,14H,3-11H2,1-2H3,(H,15,17). The first-order chi connectivity index (χ1) is 9.24. The molecule has 0 aromatic heterocycles. The number of rotatable bonds is 9. The molecule has 112 valence electrons. The molecular formula is C13H27N3O3. The Kier molecular flexibility index (Phi) is 8.73. The Hall–Kier alpha value is -0.690. The van der Waals surface area contributed by atoms with Crippen molar-refractivity contribution in [1.29, 1.82) is 0 Å². The Morgan fingerprint density at radius 3 is 2.79 bits per heavy atom. The highest BCUT2D eigenvalue weighted by Gasteiger charge is 2.13. The lowest BCUT2D eigenvalue weighted by Crippen LogP contribution is -2.46. The summed E-state index contributed by atoms with van der Waals surface area (Å²) in [7, 11) is 1.66. The zero-order valence-electron chi connectivity index (χ0n) is 12.1. The van der Waals surface area contributed by atoms with E-state index < -0.39 is 0 Å². The van der Waals surface area contributed by atoms with Gasteiger partial charge < -0.3 is 20.1 Å². The molecule has 19 heavy (non-hydrogen) atoms. The molecule has 1 unspecified atom stereocenters. The minimum Gasteiger partial charge on any atom is -0.385 e. The minimum atomic E-state index is -0.149. The average molecular weight is 273 g/mol. The van der Waals surface area contributed by atoms with Crippen molar-refractivity contribution in [2.45, 2.75) is 19.4 Å². The Morgan fingerprint density at radius 2 is 2.11 bits per heavy atom. The molecule has 0 radical (unpaired) electrons. The van der Waals surface area contributed by atoms with Crippen LogP contribution in [0.5, 0.6) is 0 Å². The summed E-state index contributed by atoms with van der Waals surface area (Å²) in [6.45, 7) is 8.63. The lowest BCUT2D eigenvalue weighted by Gasteiger charge is -2.27. The van der Waals surface area contributed by atoms with E-state index in [0.29, 0.717) is 13.2 Å². The predicted octanol–water partition coefficient (Wildman–Crippen LogP) is -0.551. The number of methoxy groups -OCH3 is 1. The number of carbonyl (C=O) groups is 1. The summed E-state index contributed by atoms with van der Waals surface area (Å²) < 4.78 is 10.2. The van der Waals surface area contributed by atoms with Crippen molar-refractivity contribution in [2.24, 2.45) is 0 Å². The van der Waals surface area contributed by atoms with E-state index in [2.05, 4.69) is 15.5 Å². The predicted molar refractivity (Wildman–Crippen MR) is 74.2 cm³/mol. The number of nitrogens with one attached hydrogen (secondary N) is 2. The van der Waals surface area contributed by atoms with Gasteiger partial charge in [0.25, 0.3) is 0 Å². The molecule has 0 bridgehead atoms. The first kappa shape index (κ1) is 16.4. The van der Waals surface area contributed by atoms with Gasteiger partial charge in [0, 0.05) is 46.4 Å². The van der Waals surface area contributed by atoms with E-state index in [9.17, 15) is 4.79 Å². The lowest BCUT2D eigenvalue weighted by atomic mass is 10.3. The third kappa shape index (κ3) is 7.47. The first-order valence-electron chi connectivity index (χ1n) is 7.04. The summed E-state index contributed by atoms with van der Waals surface area (Å²) >= 11 is 0. The van der Waals surface area contributed by atoms with Crippen LogP contribution in [0.3, 0.4) is 0 Å². The van der Waals surface area contributed by atoms with Crippen molar-refractivity contribution in [3.63, 3.8) is 0 Å². The first-order valence-corrected chi connectivity index (χ1v) is 7.04. The molecule has 0 spiro atoms. The molecule has 1 aliphatic rings. The summed E-state index contributed by atoms with van der Waals surface area (Å²) in [5.74, 6) is 0.0538. The van der Waals surface area contributed by atoms with Crippen LogP contribution < -0.4 is 10.6 Å². The second-order valence-electron chi connectivity index (χ2n) is 4.77. The highest BCUT2D eigenvalue weighted by Crippen LogP contribution is 1.95. The maximum absolute atomic E-state index is 11.7. The fraction of sp³-hybridized carbons (Fsp3) is 0.923. The van der Waals surface area contributed by atoms with Crippen molar-refractivity contribution in [3.05, 3.63) is 0 Å². The SMILES string of the molecule is COCCCNC(=O)C(C)NCCN1CCOCC1. The summed E-state index contributed by atoms with van der Waals surface area (Å²) in [4.78, 5) is 14.1. The summed E-state index contributed by atoms with van der Waals surface area (Å²) in [5.41, 5.74) is 0. The van der Waals surface area contributed by atoms with Gasteiger partial charge in [-0.3, -0.25) is 9.69 Å². The van der Waals surface area contributed by atoms with Gasteiger partial charge in [0.05, 0.1) is 19.3 Å². The highest BCUT2D eigenvalue weighted by molar-refractivity contribution is 5.81. The zero-order valence-corrected chi connectivity index (χ0v) is 12.1. The Bertz CT molecular complexity index is 245. The molecular weight excluding hydrogens is 246 g/mol. The molecule has 1 rings (SSSR count). The van der Waals surface area contributed by atoms with Gasteiger partial charge in [0.15, 0.2) is 0 Å². The molecule has 6 heteroatoms. The fourth-order valence-corrected chi connectivity index (χ4v) is 1.94. The molecule has 1 saturated heterocycles. The maximum atomic E-state index is 11.7. The second-order valence-corrected chi connectivity index (χ2v) is 4.77. The van der Waals surface area contributed by atoms with Crippen LogP contribution in [0.25, 0.3) is 0 Å². The van der Waals surface area contributed by atoms with Gasteiger partial charge in [-0.15, -0.1) is 0 Å². The molecule has 0 aromatic carbocycles. The van der Waals surface area contributed by atoms with Gasteiger partial charge in [-0.25, -0.2) is 0 Å². The van der Waals surface area contributed by atoms with Gasteiger partial charge in [0.1, 0.15) is 0 Å². The van der Waals surface area contributed by atoms with E-state index >= 15 is 0 Å². The van der Waals surface area contributed by atoms with Gasteiger partial charge >= 0.3 is 0 Å². The largest absolute Gasteiger partial charge is 0.385 e. The van der Waals surface area contributed by atoms with Gasteiger partial charge in [-0.05, 0) is 13.3 Å². The van der Waals surface area contributed by atoms with Crippen molar-refractivity contribution in [3.8, 4) is 0 Å². The van der Waals surface area contributed by atoms with Crippen LogP contribution in [0, 0.1) is 0 Å². The van der Waals surface area contributed by atoms with E-state index in [1.807, 2.05) is 6.92 Å². The van der Waals surface area contributed by atoms with E-state index in [0.717, 1.165) is 45.8 Å². The molecule has 0 aromatic rings. The second kappa shape index (κ2) is 10.1. The minimum absolute atomic E-state index is 0.0538. The van der Waals surface area contributed by atoms with Crippen LogP contribution in [0.15, 0.2) is 0 Å². The van der Waals surface area contributed by atoms with E-state index in [4.69, 9.17) is 9.47 Å². The molecule has 1 aliphatic heterocycles. The normalized spacial score (nSPS) is 18.2. The van der Waals surface area contributed by atoms with Crippen molar-refractivity contribution in [1.82, 2.24) is 15.5 Å². The quantitative estimate of drug-likeness (QED) is 0.552. The van der Waals surface area contributed by atoms with Crippen LogP contribution in [-0.4, -0.2) is 76.5 Å². The van der Waals surface area contributed by atoms with E-state index in [-0.39, 0.29) is 11.9 Å². The third-order valence-electron chi connectivity index (χ3n) is 3.20. The zero-order chi connectivity index (χ0) is 13.9. The van der Waals surface area contributed by atoms with Crippen molar-refractivity contribution in [2.75, 3.05) is 59.7 Å². The van der Waals surface area contributed by atoms with Crippen LogP contribution in [0.1, 0.15) is 13.3 Å². The summed E-state index contributed by atoms with van der Waals surface area (Å²) in [6, 6.07) is -0.149. The van der Waals surface area contributed by atoms with Crippen LogP contribution in [-0.2, 0) is 14.3 Å². The van der Waals surface area contributed by atoms with Gasteiger partial charge in [-0.1, -0.05) is 0 Å². The molecule has 6 nitrogen and oxygen atoms in total.